The third-order valence-corrected chi connectivity index (χ3v) is 3.08. The number of nitrogen functional groups attached to an aromatic ring is 1. The van der Waals surface area contributed by atoms with E-state index in [0.717, 1.165) is 5.56 Å². The molecule has 3 rings (SSSR count). The molecule has 0 saturated heterocycles. The van der Waals surface area contributed by atoms with Crippen LogP contribution < -0.4 is 5.73 Å². The van der Waals surface area contributed by atoms with Crippen LogP contribution in [0.4, 0.5) is 10.1 Å². The summed E-state index contributed by atoms with van der Waals surface area (Å²) in [7, 11) is 0. The van der Waals surface area contributed by atoms with Gasteiger partial charge >= 0.3 is 0 Å². The Balaban J connectivity index is 2.23. The van der Waals surface area contributed by atoms with Crippen molar-refractivity contribution >= 4 is 28.4 Å². The van der Waals surface area contributed by atoms with E-state index in [1.54, 1.807) is 24.3 Å². The SMILES string of the molecule is Cc1cc(Cl)cc2nc(-c3ccc(N)cc3F)oc12. The van der Waals surface area contributed by atoms with Crippen LogP contribution in [0, 0.1) is 12.7 Å². The maximum absolute atomic E-state index is 13.8. The monoisotopic (exact) mass is 276 g/mol. The highest BCUT2D eigenvalue weighted by atomic mass is 35.5. The third kappa shape index (κ3) is 2.04. The molecule has 0 aliphatic heterocycles. The summed E-state index contributed by atoms with van der Waals surface area (Å²) in [4.78, 5) is 4.26. The molecule has 0 spiro atoms. The number of aryl methyl sites for hydroxylation is 1. The Hall–Kier alpha value is -2.07. The minimum absolute atomic E-state index is 0.220. The second-order valence-electron chi connectivity index (χ2n) is 4.33. The number of benzene rings is 2. The molecule has 0 amide bonds. The first-order valence-electron chi connectivity index (χ1n) is 5.66. The van der Waals surface area contributed by atoms with Crippen LogP contribution in [0.5, 0.6) is 0 Å². The number of hydrogen-bond acceptors (Lipinski definition) is 3. The Kier molecular flexibility index (Phi) is 2.68. The summed E-state index contributed by atoms with van der Waals surface area (Å²) in [6, 6.07) is 7.85. The lowest BCUT2D eigenvalue weighted by atomic mass is 10.2. The lowest BCUT2D eigenvalue weighted by molar-refractivity contribution is 0.592. The minimum Gasteiger partial charge on any atom is -0.436 e. The normalized spacial score (nSPS) is 11.1. The molecule has 0 saturated carbocycles. The molecule has 0 unspecified atom stereocenters. The highest BCUT2D eigenvalue weighted by Crippen LogP contribution is 2.30. The van der Waals surface area contributed by atoms with Crippen LogP contribution in [-0.2, 0) is 0 Å². The minimum atomic E-state index is -0.463. The number of rotatable bonds is 1. The molecule has 0 aliphatic rings. The zero-order valence-electron chi connectivity index (χ0n) is 10.1. The Labute approximate surface area is 113 Å². The van der Waals surface area contributed by atoms with Crippen LogP contribution in [0.15, 0.2) is 34.7 Å². The van der Waals surface area contributed by atoms with Crippen molar-refractivity contribution < 1.29 is 8.81 Å². The largest absolute Gasteiger partial charge is 0.436 e. The van der Waals surface area contributed by atoms with Gasteiger partial charge in [0.2, 0.25) is 5.89 Å². The first-order valence-corrected chi connectivity index (χ1v) is 6.04. The van der Waals surface area contributed by atoms with Crippen molar-refractivity contribution in [1.82, 2.24) is 4.98 Å². The summed E-state index contributed by atoms with van der Waals surface area (Å²) < 4.78 is 19.4. The van der Waals surface area contributed by atoms with Crippen LogP contribution >= 0.6 is 11.6 Å². The quantitative estimate of drug-likeness (QED) is 0.678. The van der Waals surface area contributed by atoms with Gasteiger partial charge in [0.15, 0.2) is 5.58 Å². The topological polar surface area (TPSA) is 52.0 Å². The molecule has 0 bridgehead atoms. The third-order valence-electron chi connectivity index (χ3n) is 2.86. The average molecular weight is 277 g/mol. The smallest absolute Gasteiger partial charge is 0.230 e. The van der Waals surface area contributed by atoms with Gasteiger partial charge in [-0.25, -0.2) is 9.37 Å². The van der Waals surface area contributed by atoms with Gasteiger partial charge < -0.3 is 10.2 Å². The number of nitrogens with zero attached hydrogens (tertiary/aromatic N) is 1. The van der Waals surface area contributed by atoms with Gasteiger partial charge in [-0.3, -0.25) is 0 Å². The van der Waals surface area contributed by atoms with Crippen LogP contribution in [0.3, 0.4) is 0 Å². The number of fused-ring (bicyclic) bond motifs is 1. The molecular weight excluding hydrogens is 267 g/mol. The van der Waals surface area contributed by atoms with Gasteiger partial charge in [-0.15, -0.1) is 0 Å². The number of anilines is 1. The summed E-state index contributed by atoms with van der Waals surface area (Å²) in [5.41, 5.74) is 8.23. The highest BCUT2D eigenvalue weighted by Gasteiger charge is 2.14. The van der Waals surface area contributed by atoms with E-state index in [-0.39, 0.29) is 11.5 Å². The molecule has 1 heterocycles. The zero-order valence-corrected chi connectivity index (χ0v) is 10.8. The average Bonchev–Trinajstić information content (AvgIpc) is 2.72. The van der Waals surface area contributed by atoms with Crippen molar-refractivity contribution in [2.75, 3.05) is 5.73 Å². The van der Waals surface area contributed by atoms with Crippen molar-refractivity contribution in [1.29, 1.82) is 0 Å². The van der Waals surface area contributed by atoms with E-state index >= 15 is 0 Å². The van der Waals surface area contributed by atoms with E-state index in [9.17, 15) is 4.39 Å². The molecule has 2 aromatic carbocycles. The van der Waals surface area contributed by atoms with E-state index < -0.39 is 5.82 Å². The molecule has 1 aromatic heterocycles. The van der Waals surface area contributed by atoms with Crippen LogP contribution in [0.25, 0.3) is 22.6 Å². The van der Waals surface area contributed by atoms with E-state index in [1.165, 1.54) is 6.07 Å². The summed E-state index contributed by atoms with van der Waals surface area (Å²) >= 11 is 5.96. The van der Waals surface area contributed by atoms with Gasteiger partial charge in [0.1, 0.15) is 11.3 Å². The molecule has 0 fully saturated rings. The van der Waals surface area contributed by atoms with Gasteiger partial charge in [-0.2, -0.15) is 0 Å². The van der Waals surface area contributed by atoms with E-state index in [1.807, 2.05) is 6.92 Å². The van der Waals surface area contributed by atoms with E-state index in [2.05, 4.69) is 4.98 Å². The lowest BCUT2D eigenvalue weighted by Crippen LogP contribution is -1.89. The number of aromatic nitrogens is 1. The summed E-state index contributed by atoms with van der Waals surface area (Å²) in [6.45, 7) is 1.86. The first kappa shape index (κ1) is 12.0. The Morgan fingerprint density at radius 2 is 2.05 bits per heavy atom. The molecule has 96 valence electrons. The second-order valence-corrected chi connectivity index (χ2v) is 4.77. The van der Waals surface area contributed by atoms with Crippen LogP contribution in [-0.4, -0.2) is 4.98 Å². The molecule has 0 aliphatic carbocycles. The Morgan fingerprint density at radius 1 is 1.26 bits per heavy atom. The molecular formula is C14H10ClFN2O. The van der Waals surface area contributed by atoms with E-state index in [0.29, 0.717) is 21.8 Å². The van der Waals surface area contributed by atoms with Crippen LogP contribution in [0.2, 0.25) is 5.02 Å². The lowest BCUT2D eigenvalue weighted by Gasteiger charge is -1.99. The zero-order chi connectivity index (χ0) is 13.6. The van der Waals surface area contributed by atoms with Crippen molar-refractivity contribution in [2.45, 2.75) is 6.92 Å². The fourth-order valence-electron chi connectivity index (χ4n) is 1.98. The summed E-state index contributed by atoms with van der Waals surface area (Å²) in [5.74, 6) is -0.242. The number of oxazole rings is 1. The van der Waals surface area contributed by atoms with Crippen molar-refractivity contribution in [2.24, 2.45) is 0 Å². The fourth-order valence-corrected chi connectivity index (χ4v) is 2.24. The van der Waals surface area contributed by atoms with Gasteiger partial charge in [0, 0.05) is 10.7 Å². The van der Waals surface area contributed by atoms with Crippen molar-refractivity contribution in [3.63, 3.8) is 0 Å². The number of hydrogen-bond donors (Lipinski definition) is 1. The van der Waals surface area contributed by atoms with Crippen molar-refractivity contribution in [3.05, 3.63) is 46.7 Å². The molecule has 19 heavy (non-hydrogen) atoms. The Morgan fingerprint density at radius 3 is 2.79 bits per heavy atom. The van der Waals surface area contributed by atoms with Crippen molar-refractivity contribution in [3.8, 4) is 11.5 Å². The molecule has 3 nitrogen and oxygen atoms in total. The van der Waals surface area contributed by atoms with Gasteiger partial charge in [-0.05, 0) is 42.8 Å². The predicted molar refractivity (Wildman–Crippen MR) is 73.6 cm³/mol. The maximum Gasteiger partial charge on any atom is 0.230 e. The number of halogens is 2. The van der Waals surface area contributed by atoms with Gasteiger partial charge in [0.05, 0.1) is 5.56 Å². The van der Waals surface area contributed by atoms with Gasteiger partial charge in [0.25, 0.3) is 0 Å². The molecule has 2 N–H and O–H groups in total. The number of nitrogens with two attached hydrogens (primary N) is 1. The summed E-state index contributed by atoms with van der Waals surface area (Å²) in [5, 5.41) is 0.572. The summed E-state index contributed by atoms with van der Waals surface area (Å²) in [6.07, 6.45) is 0. The molecule has 5 heteroatoms. The molecule has 3 aromatic rings. The molecule has 0 atom stereocenters. The maximum atomic E-state index is 13.8. The second kappa shape index (κ2) is 4.24. The van der Waals surface area contributed by atoms with Crippen LogP contribution in [0.1, 0.15) is 5.56 Å². The highest BCUT2D eigenvalue weighted by molar-refractivity contribution is 6.31. The standard InChI is InChI=1S/C14H10ClFN2O/c1-7-4-8(15)5-12-13(7)19-14(18-12)10-3-2-9(17)6-11(10)16/h2-6H,17H2,1H3. The Bertz CT molecular complexity index is 782. The van der Waals surface area contributed by atoms with Gasteiger partial charge in [-0.1, -0.05) is 11.6 Å². The first-order chi connectivity index (χ1) is 9.04. The fraction of sp³-hybridized carbons (Fsp3) is 0.0714. The molecule has 0 radical (unpaired) electrons. The predicted octanol–water partition coefficient (Wildman–Crippen LogP) is 4.18. The van der Waals surface area contributed by atoms with E-state index in [4.69, 9.17) is 21.8 Å².